The summed E-state index contributed by atoms with van der Waals surface area (Å²) in [5.41, 5.74) is 9.11. The first-order chi connectivity index (χ1) is 12.4. The standard InChI is InChI=1S/C17H21N9/c1-9(2)25-8-21-14-15(18)23-13(24-17(14)25)5-10(3)26-7-20-12-6-19-11(4)22-16(12)26/h6-10H,5H2,1-4H3,(H2,18,23,24). The average Bonchev–Trinajstić information content (AvgIpc) is 3.18. The van der Waals surface area contributed by atoms with Crippen LogP contribution in [0.4, 0.5) is 5.82 Å². The normalized spacial score (nSPS) is 13.1. The van der Waals surface area contributed by atoms with Gasteiger partial charge in [-0.2, -0.15) is 0 Å². The van der Waals surface area contributed by atoms with Crippen LogP contribution in [0, 0.1) is 6.92 Å². The lowest BCUT2D eigenvalue weighted by atomic mass is 10.2. The summed E-state index contributed by atoms with van der Waals surface area (Å²) < 4.78 is 4.03. The molecule has 9 heteroatoms. The van der Waals surface area contributed by atoms with Crippen molar-refractivity contribution in [1.82, 2.24) is 39.0 Å². The zero-order valence-corrected chi connectivity index (χ0v) is 15.2. The zero-order valence-electron chi connectivity index (χ0n) is 15.2. The van der Waals surface area contributed by atoms with E-state index in [1.165, 1.54) is 0 Å². The smallest absolute Gasteiger partial charge is 0.165 e. The summed E-state index contributed by atoms with van der Waals surface area (Å²) in [5.74, 6) is 1.80. The van der Waals surface area contributed by atoms with E-state index < -0.39 is 0 Å². The number of hydrogen-bond acceptors (Lipinski definition) is 7. The average molecular weight is 351 g/mol. The van der Waals surface area contributed by atoms with E-state index in [1.807, 2.05) is 16.1 Å². The fourth-order valence-electron chi connectivity index (χ4n) is 3.05. The van der Waals surface area contributed by atoms with Gasteiger partial charge in [0.2, 0.25) is 0 Å². The second-order valence-electron chi connectivity index (χ2n) is 6.77. The van der Waals surface area contributed by atoms with Crippen molar-refractivity contribution in [3.8, 4) is 0 Å². The SMILES string of the molecule is Cc1ncc2ncn(C(C)Cc3nc(N)c4ncn(C(C)C)c4n3)c2n1. The number of rotatable bonds is 4. The highest BCUT2D eigenvalue weighted by Crippen LogP contribution is 2.22. The van der Waals surface area contributed by atoms with Gasteiger partial charge in [-0.05, 0) is 27.7 Å². The number of nitrogens with two attached hydrogens (primary N) is 1. The van der Waals surface area contributed by atoms with Gasteiger partial charge in [0.25, 0.3) is 0 Å². The van der Waals surface area contributed by atoms with Gasteiger partial charge in [-0.15, -0.1) is 0 Å². The minimum Gasteiger partial charge on any atom is -0.382 e. The van der Waals surface area contributed by atoms with Crippen LogP contribution in [0.15, 0.2) is 18.9 Å². The lowest BCUT2D eigenvalue weighted by Gasteiger charge is -2.14. The van der Waals surface area contributed by atoms with Gasteiger partial charge in [0, 0.05) is 18.5 Å². The predicted molar refractivity (Wildman–Crippen MR) is 98.6 cm³/mol. The molecule has 0 saturated carbocycles. The first kappa shape index (κ1) is 16.4. The molecule has 0 spiro atoms. The van der Waals surface area contributed by atoms with E-state index >= 15 is 0 Å². The second-order valence-corrected chi connectivity index (χ2v) is 6.77. The number of imidazole rings is 2. The third-order valence-corrected chi connectivity index (χ3v) is 4.44. The third-order valence-electron chi connectivity index (χ3n) is 4.44. The highest BCUT2D eigenvalue weighted by atomic mass is 15.2. The van der Waals surface area contributed by atoms with Crippen molar-refractivity contribution in [1.29, 1.82) is 0 Å². The van der Waals surface area contributed by atoms with E-state index in [2.05, 4.69) is 45.7 Å². The Morgan fingerprint density at radius 1 is 0.962 bits per heavy atom. The molecule has 0 saturated heterocycles. The Bertz CT molecular complexity index is 1090. The molecular weight excluding hydrogens is 330 g/mol. The summed E-state index contributed by atoms with van der Waals surface area (Å²) in [6.45, 7) is 8.12. The van der Waals surface area contributed by atoms with Crippen LogP contribution in [0.3, 0.4) is 0 Å². The summed E-state index contributed by atoms with van der Waals surface area (Å²) in [5, 5.41) is 0. The maximum atomic E-state index is 6.11. The molecule has 0 aromatic carbocycles. The summed E-state index contributed by atoms with van der Waals surface area (Å²) in [7, 11) is 0. The maximum Gasteiger partial charge on any atom is 0.165 e. The van der Waals surface area contributed by atoms with Crippen LogP contribution >= 0.6 is 0 Å². The molecule has 134 valence electrons. The molecular formula is C17H21N9. The quantitative estimate of drug-likeness (QED) is 0.600. The molecule has 0 radical (unpaired) electrons. The van der Waals surface area contributed by atoms with Crippen LogP contribution in [-0.4, -0.2) is 39.0 Å². The van der Waals surface area contributed by atoms with E-state index in [9.17, 15) is 0 Å². The lowest BCUT2D eigenvalue weighted by molar-refractivity contribution is 0.540. The van der Waals surface area contributed by atoms with E-state index in [0.717, 1.165) is 16.8 Å². The van der Waals surface area contributed by atoms with Crippen molar-refractivity contribution in [2.45, 2.75) is 46.2 Å². The number of anilines is 1. The van der Waals surface area contributed by atoms with Crippen LogP contribution in [0.25, 0.3) is 22.3 Å². The fraction of sp³-hybridized carbons (Fsp3) is 0.412. The zero-order chi connectivity index (χ0) is 18.4. The Morgan fingerprint density at radius 3 is 2.50 bits per heavy atom. The molecule has 0 bridgehead atoms. The third kappa shape index (κ3) is 2.65. The van der Waals surface area contributed by atoms with Gasteiger partial charge in [0.1, 0.15) is 22.7 Å². The molecule has 0 aliphatic heterocycles. The Hall–Kier alpha value is -3.10. The summed E-state index contributed by atoms with van der Waals surface area (Å²) in [6, 6.07) is 0.318. The molecule has 26 heavy (non-hydrogen) atoms. The minimum atomic E-state index is 0.0709. The summed E-state index contributed by atoms with van der Waals surface area (Å²) >= 11 is 0. The van der Waals surface area contributed by atoms with E-state index in [0.29, 0.717) is 29.4 Å². The number of nitrogens with zero attached hydrogens (tertiary/aromatic N) is 8. The number of aromatic nitrogens is 8. The summed E-state index contributed by atoms with van der Waals surface area (Å²) in [6.07, 6.45) is 5.89. The molecule has 2 N–H and O–H groups in total. The monoisotopic (exact) mass is 351 g/mol. The van der Waals surface area contributed by atoms with E-state index in [-0.39, 0.29) is 12.1 Å². The highest BCUT2D eigenvalue weighted by Gasteiger charge is 2.17. The molecule has 0 aliphatic rings. The Kier molecular flexibility index (Phi) is 3.78. The molecule has 4 heterocycles. The maximum absolute atomic E-state index is 6.11. The van der Waals surface area contributed by atoms with Crippen molar-refractivity contribution >= 4 is 28.1 Å². The molecule has 0 fully saturated rings. The number of aryl methyl sites for hydroxylation is 1. The molecule has 9 nitrogen and oxygen atoms in total. The Morgan fingerprint density at radius 2 is 1.73 bits per heavy atom. The van der Waals surface area contributed by atoms with Gasteiger partial charge in [-0.3, -0.25) is 0 Å². The van der Waals surface area contributed by atoms with Crippen LogP contribution in [0.2, 0.25) is 0 Å². The molecule has 0 aliphatic carbocycles. The molecule has 4 rings (SSSR count). The Labute approximate surface area is 150 Å². The molecule has 1 unspecified atom stereocenters. The van der Waals surface area contributed by atoms with Crippen molar-refractivity contribution < 1.29 is 0 Å². The van der Waals surface area contributed by atoms with Gasteiger partial charge >= 0.3 is 0 Å². The van der Waals surface area contributed by atoms with Gasteiger partial charge in [0.05, 0.1) is 18.9 Å². The van der Waals surface area contributed by atoms with Gasteiger partial charge in [-0.1, -0.05) is 0 Å². The lowest BCUT2D eigenvalue weighted by Crippen LogP contribution is -2.12. The number of hydrogen-bond donors (Lipinski definition) is 1. The van der Waals surface area contributed by atoms with E-state index in [1.54, 1.807) is 18.9 Å². The highest BCUT2D eigenvalue weighted by molar-refractivity contribution is 5.81. The molecule has 0 amide bonds. The number of nitrogen functional groups attached to an aromatic ring is 1. The molecule has 1 atom stereocenters. The van der Waals surface area contributed by atoms with Crippen molar-refractivity contribution in [3.63, 3.8) is 0 Å². The molecule has 4 aromatic rings. The van der Waals surface area contributed by atoms with Crippen LogP contribution in [-0.2, 0) is 6.42 Å². The fourth-order valence-corrected chi connectivity index (χ4v) is 3.05. The van der Waals surface area contributed by atoms with Gasteiger partial charge in [-0.25, -0.2) is 29.9 Å². The van der Waals surface area contributed by atoms with Gasteiger partial charge < -0.3 is 14.9 Å². The molecule has 4 aromatic heterocycles. The van der Waals surface area contributed by atoms with Crippen LogP contribution in [0.1, 0.15) is 44.5 Å². The first-order valence-corrected chi connectivity index (χ1v) is 8.59. The number of fused-ring (bicyclic) bond motifs is 2. The van der Waals surface area contributed by atoms with Crippen molar-refractivity contribution in [2.75, 3.05) is 5.73 Å². The topological polar surface area (TPSA) is 113 Å². The van der Waals surface area contributed by atoms with Crippen LogP contribution < -0.4 is 5.73 Å². The predicted octanol–water partition coefficient (Wildman–Crippen LogP) is 2.24. The second kappa shape index (κ2) is 6.01. The largest absolute Gasteiger partial charge is 0.382 e. The first-order valence-electron chi connectivity index (χ1n) is 8.59. The van der Waals surface area contributed by atoms with E-state index in [4.69, 9.17) is 10.7 Å². The van der Waals surface area contributed by atoms with Gasteiger partial charge in [0.15, 0.2) is 17.1 Å². The summed E-state index contributed by atoms with van der Waals surface area (Å²) in [4.78, 5) is 26.6. The van der Waals surface area contributed by atoms with Crippen molar-refractivity contribution in [3.05, 3.63) is 30.5 Å². The van der Waals surface area contributed by atoms with Crippen molar-refractivity contribution in [2.24, 2.45) is 0 Å². The minimum absolute atomic E-state index is 0.0709. The van der Waals surface area contributed by atoms with Crippen LogP contribution in [0.5, 0.6) is 0 Å². The Balaban J connectivity index is 1.71.